The molecule has 5 aromatic rings. The molecule has 0 atom stereocenters. The van der Waals surface area contributed by atoms with Crippen LogP contribution in [0.1, 0.15) is 18.2 Å². The Bertz CT molecular complexity index is 1650. The normalized spacial score (nSPS) is 11.7. The molecule has 8 heteroatoms. The maximum atomic E-state index is 13.5. The zero-order chi connectivity index (χ0) is 23.8. The highest BCUT2D eigenvalue weighted by Gasteiger charge is 2.21. The molecule has 0 saturated heterocycles. The van der Waals surface area contributed by atoms with Gasteiger partial charge in [-0.3, -0.25) is 22.9 Å². The van der Waals surface area contributed by atoms with E-state index in [1.165, 1.54) is 9.13 Å². The molecule has 0 aliphatic carbocycles. The minimum atomic E-state index is -0.408. The van der Waals surface area contributed by atoms with Gasteiger partial charge in [-0.25, -0.2) is 4.79 Å². The average molecular weight is 456 g/mol. The number of aromatic nitrogens is 5. The zero-order valence-electron chi connectivity index (χ0n) is 19.3. The topological polar surface area (TPSA) is 75.5 Å². The highest BCUT2D eigenvalue weighted by Crippen LogP contribution is 2.27. The van der Waals surface area contributed by atoms with Gasteiger partial charge in [0.2, 0.25) is 5.78 Å². The number of hydrogen-bond donors (Lipinski definition) is 0. The van der Waals surface area contributed by atoms with Crippen molar-refractivity contribution >= 4 is 23.0 Å². The van der Waals surface area contributed by atoms with Crippen LogP contribution in [0, 0.1) is 6.92 Å². The maximum Gasteiger partial charge on any atom is 0.332 e. The zero-order valence-corrected chi connectivity index (χ0v) is 19.3. The predicted molar refractivity (Wildman–Crippen MR) is 133 cm³/mol. The van der Waals surface area contributed by atoms with E-state index in [0.29, 0.717) is 23.5 Å². The van der Waals surface area contributed by atoms with Gasteiger partial charge in [-0.15, -0.1) is 0 Å². The molecule has 5 rings (SSSR count). The molecule has 0 aliphatic heterocycles. The lowest BCUT2D eigenvalue weighted by molar-refractivity contribution is 0.339. The van der Waals surface area contributed by atoms with Gasteiger partial charge in [0, 0.05) is 25.5 Å². The van der Waals surface area contributed by atoms with Crippen molar-refractivity contribution < 1.29 is 4.74 Å². The lowest BCUT2D eigenvalue weighted by Gasteiger charge is -2.12. The summed E-state index contributed by atoms with van der Waals surface area (Å²) in [7, 11) is 1.64. The second-order valence-electron chi connectivity index (χ2n) is 8.03. The van der Waals surface area contributed by atoms with E-state index < -0.39 is 5.69 Å². The van der Waals surface area contributed by atoms with Crippen molar-refractivity contribution in [1.82, 2.24) is 23.1 Å². The van der Waals surface area contributed by atoms with Crippen molar-refractivity contribution in [3.8, 4) is 11.4 Å². The van der Waals surface area contributed by atoms with Gasteiger partial charge in [0.05, 0.1) is 12.3 Å². The molecule has 0 N–H and O–H groups in total. The summed E-state index contributed by atoms with van der Waals surface area (Å²) in [6.45, 7) is 4.58. The monoisotopic (exact) mass is 455 g/mol. The molecule has 0 fully saturated rings. The summed E-state index contributed by atoms with van der Waals surface area (Å²) in [5.74, 6) is 1.26. The highest BCUT2D eigenvalue weighted by molar-refractivity contribution is 5.76. The maximum absolute atomic E-state index is 13.5. The van der Waals surface area contributed by atoms with E-state index in [1.54, 1.807) is 11.4 Å². The van der Waals surface area contributed by atoms with Crippen molar-refractivity contribution in [3.63, 3.8) is 0 Å². The molecule has 0 amide bonds. The third-order valence-electron chi connectivity index (χ3n) is 5.83. The Morgan fingerprint density at radius 3 is 2.53 bits per heavy atom. The first-order chi connectivity index (χ1) is 16.5. The first-order valence-electron chi connectivity index (χ1n) is 11.1. The SMILES string of the molecule is CCOc1ccccc1-n1c(C)cn2c3c(=O)n(C/C=C/c4ccccc4)c(=O)n(C)c3nc12. The summed E-state index contributed by atoms with van der Waals surface area (Å²) in [5, 5.41) is 0. The van der Waals surface area contributed by atoms with Crippen LogP contribution in [0.2, 0.25) is 0 Å². The van der Waals surface area contributed by atoms with Crippen LogP contribution in [0.15, 0.2) is 76.5 Å². The third-order valence-corrected chi connectivity index (χ3v) is 5.83. The smallest absolute Gasteiger partial charge is 0.332 e. The first-order valence-corrected chi connectivity index (χ1v) is 11.1. The van der Waals surface area contributed by atoms with Gasteiger partial charge < -0.3 is 4.74 Å². The average Bonchev–Trinajstić information content (AvgIpc) is 3.36. The molecular weight excluding hydrogens is 430 g/mol. The Balaban J connectivity index is 1.69. The van der Waals surface area contributed by atoms with Crippen LogP contribution in [0.4, 0.5) is 0 Å². The van der Waals surface area contributed by atoms with Crippen molar-refractivity contribution in [2.75, 3.05) is 6.61 Å². The van der Waals surface area contributed by atoms with E-state index in [0.717, 1.165) is 22.7 Å². The number of nitrogens with zero attached hydrogens (tertiary/aromatic N) is 5. The van der Waals surface area contributed by atoms with Crippen LogP contribution < -0.4 is 16.0 Å². The number of imidazole rings is 2. The number of benzene rings is 2. The summed E-state index contributed by atoms with van der Waals surface area (Å²) in [6.07, 6.45) is 5.58. The minimum Gasteiger partial charge on any atom is -0.492 e. The third kappa shape index (κ3) is 3.44. The van der Waals surface area contributed by atoms with E-state index in [-0.39, 0.29) is 12.1 Å². The molecule has 8 nitrogen and oxygen atoms in total. The number of aryl methyl sites for hydroxylation is 2. The van der Waals surface area contributed by atoms with Gasteiger partial charge in [0.25, 0.3) is 5.56 Å². The highest BCUT2D eigenvalue weighted by atomic mass is 16.5. The Hall–Kier alpha value is -4.33. The summed E-state index contributed by atoms with van der Waals surface area (Å²) >= 11 is 0. The van der Waals surface area contributed by atoms with Crippen LogP contribution >= 0.6 is 0 Å². The quantitative estimate of drug-likeness (QED) is 0.392. The summed E-state index contributed by atoms with van der Waals surface area (Å²) in [6, 6.07) is 17.4. The standard InChI is InChI=1S/C26H25N5O3/c1-4-34-21-15-9-8-14-20(21)31-18(2)17-30-22-23(27-25(30)31)28(3)26(33)29(24(22)32)16-10-13-19-11-6-5-7-12-19/h5-15,17H,4,16H2,1-3H3/b13-10+. The van der Waals surface area contributed by atoms with Crippen LogP contribution in [0.3, 0.4) is 0 Å². The van der Waals surface area contributed by atoms with E-state index in [4.69, 9.17) is 9.72 Å². The fourth-order valence-corrected chi connectivity index (χ4v) is 4.25. The lowest BCUT2D eigenvalue weighted by atomic mass is 10.2. The Morgan fingerprint density at radius 1 is 1.03 bits per heavy atom. The van der Waals surface area contributed by atoms with Crippen molar-refractivity contribution in [3.05, 3.63) is 99.0 Å². The molecule has 172 valence electrons. The molecule has 3 aromatic heterocycles. The second kappa shape index (κ2) is 8.55. The fraction of sp³-hybridized carbons (Fsp3) is 0.192. The van der Waals surface area contributed by atoms with Crippen LogP contribution in [0.25, 0.3) is 28.7 Å². The Labute approximate surface area is 195 Å². The Morgan fingerprint density at radius 2 is 1.76 bits per heavy atom. The Kier molecular flexibility index (Phi) is 5.41. The van der Waals surface area contributed by atoms with Crippen LogP contribution in [0.5, 0.6) is 5.75 Å². The predicted octanol–water partition coefficient (Wildman–Crippen LogP) is 3.56. The van der Waals surface area contributed by atoms with Crippen LogP contribution in [-0.2, 0) is 13.6 Å². The molecule has 0 radical (unpaired) electrons. The molecule has 3 heterocycles. The van der Waals surface area contributed by atoms with Gasteiger partial charge >= 0.3 is 5.69 Å². The number of allylic oxidation sites excluding steroid dienone is 1. The summed E-state index contributed by atoms with van der Waals surface area (Å²) in [5.41, 5.74) is 2.63. The molecule has 0 bridgehead atoms. The summed E-state index contributed by atoms with van der Waals surface area (Å²) < 4.78 is 12.2. The van der Waals surface area contributed by atoms with Gasteiger partial charge in [-0.1, -0.05) is 54.6 Å². The first kappa shape index (κ1) is 21.5. The minimum absolute atomic E-state index is 0.163. The van der Waals surface area contributed by atoms with Gasteiger partial charge in [-0.05, 0) is 31.5 Å². The van der Waals surface area contributed by atoms with E-state index >= 15 is 0 Å². The second-order valence-corrected chi connectivity index (χ2v) is 8.03. The van der Waals surface area contributed by atoms with Crippen molar-refractivity contribution in [2.24, 2.45) is 7.05 Å². The largest absolute Gasteiger partial charge is 0.492 e. The van der Waals surface area contributed by atoms with Crippen molar-refractivity contribution in [1.29, 1.82) is 0 Å². The molecule has 34 heavy (non-hydrogen) atoms. The molecule has 0 saturated carbocycles. The molecule has 0 unspecified atom stereocenters. The fourth-order valence-electron chi connectivity index (χ4n) is 4.25. The lowest BCUT2D eigenvalue weighted by Crippen LogP contribution is -2.39. The van der Waals surface area contributed by atoms with E-state index in [9.17, 15) is 9.59 Å². The molecule has 2 aromatic carbocycles. The number of fused-ring (bicyclic) bond motifs is 3. The summed E-state index contributed by atoms with van der Waals surface area (Å²) in [4.78, 5) is 31.2. The van der Waals surface area contributed by atoms with Gasteiger partial charge in [-0.2, -0.15) is 4.98 Å². The van der Waals surface area contributed by atoms with Gasteiger partial charge in [0.1, 0.15) is 5.75 Å². The number of ether oxygens (including phenoxy) is 1. The van der Waals surface area contributed by atoms with Crippen LogP contribution in [-0.4, -0.2) is 29.7 Å². The number of rotatable bonds is 6. The van der Waals surface area contributed by atoms with Gasteiger partial charge in [0.15, 0.2) is 11.2 Å². The van der Waals surface area contributed by atoms with Crippen molar-refractivity contribution in [2.45, 2.75) is 20.4 Å². The molecule has 0 spiro atoms. The molecular formula is C26H25N5O3. The van der Waals surface area contributed by atoms with E-state index in [2.05, 4.69) is 0 Å². The number of hydrogen-bond acceptors (Lipinski definition) is 4. The van der Waals surface area contributed by atoms with E-state index in [1.807, 2.05) is 91.4 Å². The number of para-hydroxylation sites is 2. The molecule has 0 aliphatic rings.